The summed E-state index contributed by atoms with van der Waals surface area (Å²) in [7, 11) is 0. The number of amides is 1. The summed E-state index contributed by atoms with van der Waals surface area (Å²) in [5, 5.41) is 11.9. The number of nitrogens with two attached hydrogens (primary N) is 1. The molecule has 0 aliphatic heterocycles. The Hall–Kier alpha value is -2.51. The lowest BCUT2D eigenvalue weighted by molar-refractivity contribution is 0.102. The number of anilines is 2. The molecule has 0 bridgehead atoms. The van der Waals surface area contributed by atoms with E-state index >= 15 is 0 Å². The third-order valence-electron chi connectivity index (χ3n) is 2.57. The van der Waals surface area contributed by atoms with E-state index in [2.05, 4.69) is 5.32 Å². The zero-order valence-electron chi connectivity index (χ0n) is 9.85. The first-order valence-electron chi connectivity index (χ1n) is 5.48. The molecule has 0 fully saturated rings. The summed E-state index contributed by atoms with van der Waals surface area (Å²) in [5.41, 5.74) is 7.03. The molecule has 2 rings (SSSR count). The number of carbonyl (C=O) groups is 1. The Kier molecular flexibility index (Phi) is 3.69. The summed E-state index contributed by atoms with van der Waals surface area (Å²) >= 11 is 5.96. The summed E-state index contributed by atoms with van der Waals surface area (Å²) in [5.74, 6) is -0.439. The molecule has 3 N–H and O–H groups in total. The van der Waals surface area contributed by atoms with Crippen LogP contribution in [0.1, 0.15) is 15.9 Å². The van der Waals surface area contributed by atoms with Gasteiger partial charge < -0.3 is 11.1 Å². The van der Waals surface area contributed by atoms with E-state index in [1.807, 2.05) is 6.07 Å². The number of nitrogen functional groups attached to an aromatic ring is 1. The summed E-state index contributed by atoms with van der Waals surface area (Å²) in [6.07, 6.45) is 0. The number of nitriles is 1. The van der Waals surface area contributed by atoms with Crippen LogP contribution in [0.5, 0.6) is 0 Å². The van der Waals surface area contributed by atoms with Gasteiger partial charge in [-0.3, -0.25) is 4.79 Å². The number of nitrogens with one attached hydrogen (secondary N) is 1. The summed E-state index contributed by atoms with van der Waals surface area (Å²) < 4.78 is 0. The molecule has 4 nitrogen and oxygen atoms in total. The SMILES string of the molecule is N#Cc1ccccc1NC(=O)c1c(N)cccc1Cl. The highest BCUT2D eigenvalue weighted by molar-refractivity contribution is 6.35. The second kappa shape index (κ2) is 5.42. The molecule has 94 valence electrons. The lowest BCUT2D eigenvalue weighted by Crippen LogP contribution is -2.15. The summed E-state index contributed by atoms with van der Waals surface area (Å²) in [6, 6.07) is 13.6. The van der Waals surface area contributed by atoms with Gasteiger partial charge in [-0.1, -0.05) is 29.8 Å². The normalized spacial score (nSPS) is 9.68. The van der Waals surface area contributed by atoms with Gasteiger partial charge in [-0.2, -0.15) is 5.26 Å². The van der Waals surface area contributed by atoms with Crippen LogP contribution in [0.15, 0.2) is 42.5 Å². The van der Waals surface area contributed by atoms with E-state index in [0.29, 0.717) is 16.9 Å². The molecular weight excluding hydrogens is 262 g/mol. The molecule has 0 spiro atoms. The molecule has 2 aromatic rings. The van der Waals surface area contributed by atoms with Crippen molar-refractivity contribution in [1.82, 2.24) is 0 Å². The molecule has 0 heterocycles. The average Bonchev–Trinajstić information content (AvgIpc) is 2.39. The van der Waals surface area contributed by atoms with E-state index in [9.17, 15) is 4.79 Å². The van der Waals surface area contributed by atoms with Crippen molar-refractivity contribution in [3.8, 4) is 6.07 Å². The van der Waals surface area contributed by atoms with Crippen LogP contribution in [0.3, 0.4) is 0 Å². The minimum Gasteiger partial charge on any atom is -0.398 e. The van der Waals surface area contributed by atoms with Crippen LogP contribution in [0, 0.1) is 11.3 Å². The van der Waals surface area contributed by atoms with E-state index in [-0.39, 0.29) is 10.6 Å². The van der Waals surface area contributed by atoms with Gasteiger partial charge in [-0.05, 0) is 24.3 Å². The Morgan fingerprint density at radius 1 is 1.21 bits per heavy atom. The van der Waals surface area contributed by atoms with E-state index < -0.39 is 5.91 Å². The molecule has 0 unspecified atom stereocenters. The predicted molar refractivity (Wildman–Crippen MR) is 75.0 cm³/mol. The lowest BCUT2D eigenvalue weighted by Gasteiger charge is -2.10. The molecular formula is C14H10ClN3O. The highest BCUT2D eigenvalue weighted by Gasteiger charge is 2.15. The average molecular weight is 272 g/mol. The second-order valence-electron chi connectivity index (χ2n) is 3.82. The first kappa shape index (κ1) is 12.9. The van der Waals surface area contributed by atoms with Crippen LogP contribution in [0.2, 0.25) is 5.02 Å². The van der Waals surface area contributed by atoms with Crippen molar-refractivity contribution in [3.63, 3.8) is 0 Å². The maximum Gasteiger partial charge on any atom is 0.259 e. The molecule has 0 aliphatic carbocycles. The number of carbonyl (C=O) groups excluding carboxylic acids is 1. The number of rotatable bonds is 2. The molecule has 0 radical (unpaired) electrons. The second-order valence-corrected chi connectivity index (χ2v) is 4.22. The molecule has 2 aromatic carbocycles. The van der Waals surface area contributed by atoms with Gasteiger partial charge in [-0.25, -0.2) is 0 Å². The molecule has 1 amide bonds. The highest BCUT2D eigenvalue weighted by atomic mass is 35.5. The predicted octanol–water partition coefficient (Wildman–Crippen LogP) is 3.05. The van der Waals surface area contributed by atoms with Gasteiger partial charge in [-0.15, -0.1) is 0 Å². The Morgan fingerprint density at radius 2 is 1.95 bits per heavy atom. The Morgan fingerprint density at radius 3 is 2.63 bits per heavy atom. The Labute approximate surface area is 115 Å². The van der Waals surface area contributed by atoms with Crippen molar-refractivity contribution in [3.05, 3.63) is 58.6 Å². The van der Waals surface area contributed by atoms with Crippen molar-refractivity contribution >= 4 is 28.9 Å². The third kappa shape index (κ3) is 2.67. The van der Waals surface area contributed by atoms with Crippen LogP contribution < -0.4 is 11.1 Å². The smallest absolute Gasteiger partial charge is 0.259 e. The largest absolute Gasteiger partial charge is 0.398 e. The third-order valence-corrected chi connectivity index (χ3v) is 2.88. The molecule has 19 heavy (non-hydrogen) atoms. The monoisotopic (exact) mass is 271 g/mol. The first-order chi connectivity index (χ1) is 9.13. The molecule has 0 saturated carbocycles. The molecule has 0 atom stereocenters. The van der Waals surface area contributed by atoms with Gasteiger partial charge in [0.15, 0.2) is 0 Å². The van der Waals surface area contributed by atoms with Crippen LogP contribution in [0.25, 0.3) is 0 Å². The van der Waals surface area contributed by atoms with Gasteiger partial charge >= 0.3 is 0 Å². The number of nitrogens with zero attached hydrogens (tertiary/aromatic N) is 1. The van der Waals surface area contributed by atoms with Crippen molar-refractivity contribution in [1.29, 1.82) is 5.26 Å². The van der Waals surface area contributed by atoms with Gasteiger partial charge in [0.25, 0.3) is 5.91 Å². The van der Waals surface area contributed by atoms with Crippen LogP contribution in [-0.4, -0.2) is 5.91 Å². The maximum atomic E-state index is 12.1. The lowest BCUT2D eigenvalue weighted by atomic mass is 10.1. The van der Waals surface area contributed by atoms with E-state index in [1.165, 1.54) is 0 Å². The van der Waals surface area contributed by atoms with Crippen LogP contribution in [-0.2, 0) is 0 Å². The fourth-order valence-electron chi connectivity index (χ4n) is 1.65. The van der Waals surface area contributed by atoms with E-state index in [1.54, 1.807) is 42.5 Å². The number of halogens is 1. The molecule has 0 aliphatic rings. The number of hydrogen-bond donors (Lipinski definition) is 2. The van der Waals surface area contributed by atoms with Gasteiger partial charge in [0, 0.05) is 5.69 Å². The highest BCUT2D eigenvalue weighted by Crippen LogP contribution is 2.24. The Balaban J connectivity index is 2.35. The standard InChI is InChI=1S/C14H10ClN3O/c15-10-5-3-6-11(17)13(10)14(19)18-12-7-2-1-4-9(12)8-16/h1-7H,17H2,(H,18,19). The maximum absolute atomic E-state index is 12.1. The fourth-order valence-corrected chi connectivity index (χ4v) is 1.92. The van der Waals surface area contributed by atoms with Crippen molar-refractivity contribution < 1.29 is 4.79 Å². The minimum absolute atomic E-state index is 0.205. The van der Waals surface area contributed by atoms with Crippen molar-refractivity contribution in [2.24, 2.45) is 0 Å². The number of para-hydroxylation sites is 1. The van der Waals surface area contributed by atoms with Gasteiger partial charge in [0.1, 0.15) is 6.07 Å². The molecule has 0 saturated heterocycles. The van der Waals surface area contributed by atoms with Crippen LogP contribution >= 0.6 is 11.6 Å². The summed E-state index contributed by atoms with van der Waals surface area (Å²) in [4.78, 5) is 12.1. The van der Waals surface area contributed by atoms with Gasteiger partial charge in [0.05, 0.1) is 21.8 Å². The Bertz CT molecular complexity index is 656. The number of hydrogen-bond acceptors (Lipinski definition) is 3. The zero-order chi connectivity index (χ0) is 13.8. The molecule has 5 heteroatoms. The number of benzene rings is 2. The van der Waals surface area contributed by atoms with E-state index in [4.69, 9.17) is 22.6 Å². The quantitative estimate of drug-likeness (QED) is 0.824. The topological polar surface area (TPSA) is 78.9 Å². The zero-order valence-corrected chi connectivity index (χ0v) is 10.6. The van der Waals surface area contributed by atoms with Crippen LogP contribution in [0.4, 0.5) is 11.4 Å². The first-order valence-corrected chi connectivity index (χ1v) is 5.85. The fraction of sp³-hybridized carbons (Fsp3) is 0. The minimum atomic E-state index is -0.439. The van der Waals surface area contributed by atoms with Gasteiger partial charge in [0.2, 0.25) is 0 Å². The summed E-state index contributed by atoms with van der Waals surface area (Å²) in [6.45, 7) is 0. The molecule has 0 aromatic heterocycles. The van der Waals surface area contributed by atoms with Crippen molar-refractivity contribution in [2.75, 3.05) is 11.1 Å². The van der Waals surface area contributed by atoms with Crippen molar-refractivity contribution in [2.45, 2.75) is 0 Å². The van der Waals surface area contributed by atoms with E-state index in [0.717, 1.165) is 0 Å².